The van der Waals surface area contributed by atoms with E-state index in [1.54, 1.807) is 58.9 Å². The summed E-state index contributed by atoms with van der Waals surface area (Å²) in [5.41, 5.74) is -0.150. The Morgan fingerprint density at radius 1 is 1.11 bits per heavy atom. The van der Waals surface area contributed by atoms with Crippen LogP contribution in [0.1, 0.15) is 45.0 Å². The average Bonchev–Trinajstić information content (AvgIpc) is 2.27. The molecule has 1 aromatic rings. The largest absolute Gasteiger partial charge is 0.443 e. The van der Waals surface area contributed by atoms with Gasteiger partial charge in [0, 0.05) is 11.6 Å². The summed E-state index contributed by atoms with van der Waals surface area (Å²) in [5, 5.41) is 0. The minimum atomic E-state index is -0.624. The smallest absolute Gasteiger partial charge is 0.417 e. The summed E-state index contributed by atoms with van der Waals surface area (Å²) < 4.78 is 5.27. The minimum absolute atomic E-state index is 0.262. The molecule has 0 aliphatic carbocycles. The van der Waals surface area contributed by atoms with E-state index in [0.717, 1.165) is 4.90 Å². The van der Waals surface area contributed by atoms with Crippen molar-refractivity contribution in [3.63, 3.8) is 0 Å². The lowest BCUT2D eigenvalue weighted by atomic mass is 10.1. The lowest BCUT2D eigenvalue weighted by molar-refractivity contribution is 0.0191. The lowest BCUT2D eigenvalue weighted by Crippen LogP contribution is -2.44. The Bertz CT molecular complexity index is 446. The number of rotatable bonds is 2. The van der Waals surface area contributed by atoms with Gasteiger partial charge in [-0.15, -0.1) is 0 Å². The van der Waals surface area contributed by atoms with Gasteiger partial charge in [0.05, 0.1) is 0 Å². The Kier molecular flexibility index (Phi) is 4.70. The van der Waals surface area contributed by atoms with Crippen molar-refractivity contribution >= 4 is 12.0 Å². The molecule has 0 aliphatic rings. The number of imide groups is 1. The highest BCUT2D eigenvalue weighted by Crippen LogP contribution is 2.15. The van der Waals surface area contributed by atoms with E-state index >= 15 is 0 Å². The maximum Gasteiger partial charge on any atom is 0.417 e. The topological polar surface area (TPSA) is 46.6 Å². The molecule has 0 radical (unpaired) electrons. The Morgan fingerprint density at radius 2 is 1.63 bits per heavy atom. The number of nitrogens with zero attached hydrogens (tertiary/aromatic N) is 1. The quantitative estimate of drug-likeness (QED) is 0.820. The zero-order chi connectivity index (χ0) is 14.6. The fourth-order valence-electron chi connectivity index (χ4n) is 1.56. The molecule has 104 valence electrons. The molecule has 0 aromatic heterocycles. The van der Waals surface area contributed by atoms with Crippen LogP contribution < -0.4 is 0 Å². The van der Waals surface area contributed by atoms with Crippen molar-refractivity contribution in [3.05, 3.63) is 35.9 Å². The van der Waals surface area contributed by atoms with Crippen LogP contribution in [-0.2, 0) is 4.74 Å². The van der Waals surface area contributed by atoms with E-state index in [1.807, 2.05) is 6.07 Å². The Hall–Kier alpha value is -1.84. The van der Waals surface area contributed by atoms with Crippen molar-refractivity contribution in [1.29, 1.82) is 0 Å². The fourth-order valence-corrected chi connectivity index (χ4v) is 1.56. The van der Waals surface area contributed by atoms with E-state index in [9.17, 15) is 9.59 Å². The number of ether oxygens (including phenoxy) is 1. The van der Waals surface area contributed by atoms with E-state index in [4.69, 9.17) is 4.74 Å². The average molecular weight is 263 g/mol. The van der Waals surface area contributed by atoms with Crippen molar-refractivity contribution in [2.75, 3.05) is 0 Å². The second-order valence-electron chi connectivity index (χ2n) is 5.62. The van der Waals surface area contributed by atoms with Gasteiger partial charge in [-0.3, -0.25) is 4.79 Å². The molecule has 0 heterocycles. The summed E-state index contributed by atoms with van der Waals surface area (Å²) >= 11 is 0. The number of hydrogen-bond donors (Lipinski definition) is 0. The molecule has 1 rings (SSSR count). The van der Waals surface area contributed by atoms with Gasteiger partial charge >= 0.3 is 6.09 Å². The van der Waals surface area contributed by atoms with Gasteiger partial charge in [-0.25, -0.2) is 9.69 Å². The SMILES string of the molecule is CC(C)N(C(=O)OC(C)(C)C)C(=O)c1ccccc1. The second kappa shape index (κ2) is 5.87. The van der Waals surface area contributed by atoms with E-state index < -0.39 is 11.7 Å². The fraction of sp³-hybridized carbons (Fsp3) is 0.467. The van der Waals surface area contributed by atoms with Gasteiger partial charge in [-0.05, 0) is 46.8 Å². The van der Waals surface area contributed by atoms with Crippen LogP contribution in [0.15, 0.2) is 30.3 Å². The van der Waals surface area contributed by atoms with Crippen LogP contribution in [0.4, 0.5) is 4.79 Å². The summed E-state index contributed by atoms with van der Waals surface area (Å²) in [6, 6.07) is 8.46. The first-order valence-electron chi connectivity index (χ1n) is 6.34. The summed E-state index contributed by atoms with van der Waals surface area (Å²) in [5.74, 6) is -0.343. The van der Waals surface area contributed by atoms with Crippen LogP contribution in [0.3, 0.4) is 0 Å². The molecule has 19 heavy (non-hydrogen) atoms. The molecule has 2 amide bonds. The zero-order valence-electron chi connectivity index (χ0n) is 12.1. The number of carbonyl (C=O) groups excluding carboxylic acids is 2. The molecule has 1 aromatic carbocycles. The van der Waals surface area contributed by atoms with E-state index in [0.29, 0.717) is 5.56 Å². The van der Waals surface area contributed by atoms with Crippen LogP contribution in [-0.4, -0.2) is 28.5 Å². The van der Waals surface area contributed by atoms with Crippen LogP contribution in [0.2, 0.25) is 0 Å². The zero-order valence-corrected chi connectivity index (χ0v) is 12.1. The molecule has 0 spiro atoms. The van der Waals surface area contributed by atoms with Crippen LogP contribution in [0, 0.1) is 0 Å². The molecule has 0 aliphatic heterocycles. The molecular weight excluding hydrogens is 242 g/mol. The molecule has 4 nitrogen and oxygen atoms in total. The van der Waals surface area contributed by atoms with E-state index in [-0.39, 0.29) is 11.9 Å². The first kappa shape index (κ1) is 15.2. The molecule has 0 N–H and O–H groups in total. The van der Waals surface area contributed by atoms with Gasteiger partial charge in [0.2, 0.25) is 0 Å². The Morgan fingerprint density at radius 3 is 2.05 bits per heavy atom. The highest BCUT2D eigenvalue weighted by atomic mass is 16.6. The molecule has 0 fully saturated rings. The van der Waals surface area contributed by atoms with Crippen molar-refractivity contribution in [2.24, 2.45) is 0 Å². The van der Waals surface area contributed by atoms with Crippen LogP contribution >= 0.6 is 0 Å². The van der Waals surface area contributed by atoms with Crippen molar-refractivity contribution in [3.8, 4) is 0 Å². The second-order valence-corrected chi connectivity index (χ2v) is 5.62. The monoisotopic (exact) mass is 263 g/mol. The number of hydrogen-bond acceptors (Lipinski definition) is 3. The molecule has 0 bridgehead atoms. The van der Waals surface area contributed by atoms with Crippen molar-refractivity contribution in [1.82, 2.24) is 4.90 Å². The predicted molar refractivity (Wildman–Crippen MR) is 74.0 cm³/mol. The molecular formula is C15H21NO3. The Balaban J connectivity index is 2.96. The summed E-state index contributed by atoms with van der Waals surface area (Å²) in [7, 11) is 0. The normalized spacial score (nSPS) is 11.3. The maximum atomic E-state index is 12.3. The van der Waals surface area contributed by atoms with Gasteiger partial charge < -0.3 is 4.74 Å². The summed E-state index contributed by atoms with van der Waals surface area (Å²) in [6.07, 6.45) is -0.614. The maximum absolute atomic E-state index is 12.3. The Labute approximate surface area is 114 Å². The third-order valence-electron chi connectivity index (χ3n) is 2.35. The number of amides is 2. The summed E-state index contributed by atoms with van der Waals surface area (Å²) in [4.78, 5) is 25.6. The number of carbonyl (C=O) groups is 2. The minimum Gasteiger partial charge on any atom is -0.443 e. The van der Waals surface area contributed by atoms with Crippen molar-refractivity contribution in [2.45, 2.75) is 46.3 Å². The van der Waals surface area contributed by atoms with Gasteiger partial charge in [0.1, 0.15) is 5.60 Å². The summed E-state index contributed by atoms with van der Waals surface area (Å²) in [6.45, 7) is 8.89. The molecule has 0 saturated carbocycles. The van der Waals surface area contributed by atoms with Gasteiger partial charge in [-0.2, -0.15) is 0 Å². The molecule has 0 atom stereocenters. The van der Waals surface area contributed by atoms with Crippen LogP contribution in [0.5, 0.6) is 0 Å². The predicted octanol–water partition coefficient (Wildman–Crippen LogP) is 3.47. The number of benzene rings is 1. The molecule has 0 unspecified atom stereocenters. The van der Waals surface area contributed by atoms with Gasteiger partial charge in [0.25, 0.3) is 5.91 Å². The lowest BCUT2D eigenvalue weighted by Gasteiger charge is -2.28. The third-order valence-corrected chi connectivity index (χ3v) is 2.35. The first-order chi connectivity index (χ1) is 8.72. The first-order valence-corrected chi connectivity index (χ1v) is 6.34. The highest BCUT2D eigenvalue weighted by molar-refractivity contribution is 6.03. The third kappa shape index (κ3) is 4.39. The van der Waals surface area contributed by atoms with E-state index in [1.165, 1.54) is 0 Å². The van der Waals surface area contributed by atoms with Gasteiger partial charge in [-0.1, -0.05) is 18.2 Å². The molecule has 0 saturated heterocycles. The van der Waals surface area contributed by atoms with Gasteiger partial charge in [0.15, 0.2) is 0 Å². The standard InChI is InChI=1S/C15H21NO3/c1-11(2)16(14(18)19-15(3,4)5)13(17)12-9-7-6-8-10-12/h6-11H,1-5H3. The molecule has 4 heteroatoms. The van der Waals surface area contributed by atoms with Crippen LogP contribution in [0.25, 0.3) is 0 Å². The highest BCUT2D eigenvalue weighted by Gasteiger charge is 2.29. The van der Waals surface area contributed by atoms with Crippen molar-refractivity contribution < 1.29 is 14.3 Å². The van der Waals surface area contributed by atoms with E-state index in [2.05, 4.69) is 0 Å².